The maximum atomic E-state index is 2.65. The molecular formula is C62H54BN3Si. The number of rotatable bonds is 8. The molecule has 3 heterocycles. The van der Waals surface area contributed by atoms with Crippen molar-refractivity contribution in [3.05, 3.63) is 241 Å². The van der Waals surface area contributed by atoms with Crippen molar-refractivity contribution in [3.8, 4) is 0 Å². The van der Waals surface area contributed by atoms with Gasteiger partial charge in [-0.15, -0.1) is 0 Å². The van der Waals surface area contributed by atoms with Crippen LogP contribution in [0.5, 0.6) is 0 Å². The summed E-state index contributed by atoms with van der Waals surface area (Å²) in [7, 11) is -2.13. The second kappa shape index (κ2) is 15.4. The van der Waals surface area contributed by atoms with E-state index in [-0.39, 0.29) is 17.5 Å². The average Bonchev–Trinajstić information content (AvgIpc) is 3.37. The van der Waals surface area contributed by atoms with Gasteiger partial charge in [0.1, 0.15) is 8.07 Å². The predicted octanol–water partition coefficient (Wildman–Crippen LogP) is 13.0. The highest BCUT2D eigenvalue weighted by Gasteiger charge is 2.49. The molecule has 0 N–H and O–H groups in total. The molecule has 0 bridgehead atoms. The Labute approximate surface area is 397 Å². The average molecular weight is 880 g/mol. The fraction of sp³-hybridized carbons (Fsp3) is 0.129. The number of anilines is 9. The van der Waals surface area contributed by atoms with Crippen LogP contribution in [0.1, 0.15) is 49.9 Å². The summed E-state index contributed by atoms with van der Waals surface area (Å²) in [5.41, 5.74) is 19.5. The Morgan fingerprint density at radius 1 is 0.388 bits per heavy atom. The van der Waals surface area contributed by atoms with E-state index in [1.165, 1.54) is 77.5 Å². The van der Waals surface area contributed by atoms with Crippen LogP contribution in [0.25, 0.3) is 0 Å². The first-order valence-corrected chi connectivity index (χ1v) is 26.8. The number of hydrogen-bond acceptors (Lipinski definition) is 3. The number of fused-ring (bicyclic) bond motifs is 6. The van der Waals surface area contributed by atoms with Gasteiger partial charge in [-0.25, -0.2) is 0 Å². The molecule has 9 aromatic rings. The zero-order chi connectivity index (χ0) is 45.7. The first kappa shape index (κ1) is 41.1. The number of hydrogen-bond donors (Lipinski definition) is 0. The van der Waals surface area contributed by atoms with Crippen molar-refractivity contribution in [1.29, 1.82) is 0 Å². The van der Waals surface area contributed by atoms with Crippen LogP contribution in [0.15, 0.2) is 218 Å². The maximum Gasteiger partial charge on any atom is 0.252 e. The van der Waals surface area contributed by atoms with Gasteiger partial charge in [0.15, 0.2) is 0 Å². The van der Waals surface area contributed by atoms with Crippen LogP contribution >= 0.6 is 0 Å². The minimum absolute atomic E-state index is 0.00583. The molecular weight excluding hydrogens is 826 g/mol. The first-order valence-electron chi connectivity index (χ1n) is 23.8. The summed E-state index contributed by atoms with van der Waals surface area (Å²) in [5.74, 6) is 0. The van der Waals surface area contributed by atoms with Gasteiger partial charge in [0.25, 0.3) is 6.71 Å². The van der Waals surface area contributed by atoms with E-state index >= 15 is 0 Å². The summed E-state index contributed by atoms with van der Waals surface area (Å²) >= 11 is 0. The van der Waals surface area contributed by atoms with E-state index in [2.05, 4.69) is 274 Å². The van der Waals surface area contributed by atoms with E-state index in [1.54, 1.807) is 0 Å². The second-order valence-electron chi connectivity index (χ2n) is 20.2. The Kier molecular flexibility index (Phi) is 9.43. The lowest BCUT2D eigenvalue weighted by Crippen LogP contribution is -2.67. The molecule has 0 aromatic heterocycles. The minimum Gasteiger partial charge on any atom is -0.312 e. The molecule has 9 aromatic carbocycles. The van der Waals surface area contributed by atoms with Crippen LogP contribution < -0.4 is 41.5 Å². The van der Waals surface area contributed by atoms with Crippen LogP contribution in [0, 0.1) is 0 Å². The molecule has 0 fully saturated rings. The highest BCUT2D eigenvalue weighted by atomic mass is 28.3. The zero-order valence-electron chi connectivity index (χ0n) is 39.2. The topological polar surface area (TPSA) is 9.72 Å². The van der Waals surface area contributed by atoms with Gasteiger partial charge in [-0.05, 0) is 110 Å². The minimum atomic E-state index is -2.13. The molecule has 0 spiro atoms. The molecule has 0 radical (unpaired) electrons. The number of para-hydroxylation sites is 4. The Hall–Kier alpha value is -7.34. The van der Waals surface area contributed by atoms with E-state index in [4.69, 9.17) is 0 Å². The molecule has 5 heteroatoms. The van der Waals surface area contributed by atoms with E-state index in [0.717, 1.165) is 22.7 Å². The lowest BCUT2D eigenvalue weighted by atomic mass is 9.33. The van der Waals surface area contributed by atoms with E-state index < -0.39 is 8.07 Å². The van der Waals surface area contributed by atoms with Gasteiger partial charge in [-0.3, -0.25) is 0 Å². The quantitative estimate of drug-likeness (QED) is 0.141. The lowest BCUT2D eigenvalue weighted by molar-refractivity contribution is 0.640. The molecule has 0 unspecified atom stereocenters. The van der Waals surface area contributed by atoms with Gasteiger partial charge in [-0.2, -0.15) is 0 Å². The molecule has 3 nitrogen and oxygen atoms in total. The third-order valence-electron chi connectivity index (χ3n) is 15.4. The highest BCUT2D eigenvalue weighted by molar-refractivity contribution is 7.05. The van der Waals surface area contributed by atoms with Crippen molar-refractivity contribution < 1.29 is 0 Å². The second-order valence-corrected chi connectivity index (χ2v) is 24.5. The van der Waals surface area contributed by atoms with Crippen molar-refractivity contribution in [1.82, 2.24) is 0 Å². The van der Waals surface area contributed by atoms with Gasteiger partial charge in [0.2, 0.25) is 0 Å². The summed E-state index contributed by atoms with van der Waals surface area (Å²) in [6, 6.07) is 81.9. The molecule has 324 valence electrons. The van der Waals surface area contributed by atoms with Crippen LogP contribution in [0.3, 0.4) is 0 Å². The number of benzene rings is 9. The molecule has 0 saturated heterocycles. The molecule has 3 aliphatic rings. The SMILES string of the molecule is CC(C)(c1ccccc1)c1cccc(N2c3cc(C(C)(C)c4ccccc4)ccc3B3c4cccc5c4N(c4ccccc4[Si]5(C)C)c4cc(N(c5ccccc5)c5ccccc5)cc2c43)c1. The fourth-order valence-corrected chi connectivity index (χ4v) is 14.6. The van der Waals surface area contributed by atoms with Gasteiger partial charge in [-0.1, -0.05) is 199 Å². The normalized spacial score (nSPS) is 14.1. The summed E-state index contributed by atoms with van der Waals surface area (Å²) in [6.07, 6.45) is 0. The maximum absolute atomic E-state index is 2.65. The van der Waals surface area contributed by atoms with E-state index in [0.29, 0.717) is 0 Å². The molecule has 0 saturated carbocycles. The molecule has 0 amide bonds. The molecule has 0 atom stereocenters. The van der Waals surface area contributed by atoms with Crippen LogP contribution in [-0.2, 0) is 10.8 Å². The summed E-state index contributed by atoms with van der Waals surface area (Å²) in [4.78, 5) is 7.70. The Morgan fingerprint density at radius 2 is 0.896 bits per heavy atom. The van der Waals surface area contributed by atoms with Gasteiger partial charge >= 0.3 is 0 Å². The van der Waals surface area contributed by atoms with Gasteiger partial charge in [0.05, 0.1) is 5.69 Å². The van der Waals surface area contributed by atoms with Crippen LogP contribution in [0.2, 0.25) is 13.1 Å². The third-order valence-corrected chi connectivity index (χ3v) is 18.9. The van der Waals surface area contributed by atoms with Crippen LogP contribution in [0.4, 0.5) is 51.2 Å². The largest absolute Gasteiger partial charge is 0.312 e. The summed E-state index contributed by atoms with van der Waals surface area (Å²) in [5, 5.41) is 2.96. The van der Waals surface area contributed by atoms with Crippen LogP contribution in [-0.4, -0.2) is 14.8 Å². The first-order chi connectivity index (χ1) is 32.5. The predicted molar refractivity (Wildman–Crippen MR) is 289 cm³/mol. The third kappa shape index (κ3) is 6.32. The van der Waals surface area contributed by atoms with Crippen molar-refractivity contribution in [2.24, 2.45) is 0 Å². The molecule has 67 heavy (non-hydrogen) atoms. The van der Waals surface area contributed by atoms with Gasteiger partial charge < -0.3 is 14.7 Å². The standard InChI is InChI=1S/C62H54BN3Si/c1-61(2,43-23-11-7-12-24-43)45-27-21-32-49(39-45)65-54-40-46(62(3,4)44-25-13-8-14-26-44)37-38-51(54)63-52-33-22-36-58-60(52)66(53-34-19-20-35-57(53)67(58,5)6)56-42-50(41-55(65)59(56)63)64(47-28-15-9-16-29-47)48-30-17-10-18-31-48/h7-42H,1-6H3. The van der Waals surface area contributed by atoms with Crippen molar-refractivity contribution >= 4 is 92.7 Å². The fourth-order valence-electron chi connectivity index (χ4n) is 11.6. The van der Waals surface area contributed by atoms with E-state index in [1.807, 2.05) is 0 Å². The lowest BCUT2D eigenvalue weighted by Gasteiger charge is -2.49. The van der Waals surface area contributed by atoms with Crippen molar-refractivity contribution in [2.45, 2.75) is 51.6 Å². The monoisotopic (exact) mass is 879 g/mol. The summed E-state index contributed by atoms with van der Waals surface area (Å²) < 4.78 is 0. The van der Waals surface area contributed by atoms with Crippen molar-refractivity contribution in [3.63, 3.8) is 0 Å². The Bertz CT molecular complexity index is 3310. The summed E-state index contributed by atoms with van der Waals surface area (Å²) in [6.45, 7) is 14.6. The van der Waals surface area contributed by atoms with E-state index in [9.17, 15) is 0 Å². The molecule has 0 aliphatic carbocycles. The molecule has 3 aliphatic heterocycles. The smallest absolute Gasteiger partial charge is 0.252 e. The highest BCUT2D eigenvalue weighted by Crippen LogP contribution is 2.50. The van der Waals surface area contributed by atoms with Crippen molar-refractivity contribution in [2.75, 3.05) is 14.7 Å². The van der Waals surface area contributed by atoms with Gasteiger partial charge in [0, 0.05) is 56.3 Å². The Balaban J connectivity index is 1.20. The zero-order valence-corrected chi connectivity index (χ0v) is 40.2. The molecule has 12 rings (SSSR count). The Morgan fingerprint density at radius 3 is 1.52 bits per heavy atom. The number of nitrogens with zero attached hydrogens (tertiary/aromatic N) is 3.